The highest BCUT2D eigenvalue weighted by atomic mass is 16.3. The van der Waals surface area contributed by atoms with Gasteiger partial charge in [-0.2, -0.15) is 0 Å². The van der Waals surface area contributed by atoms with Crippen LogP contribution in [0.3, 0.4) is 0 Å². The fraction of sp³-hybridized carbons (Fsp3) is 1.00. The Morgan fingerprint density at radius 1 is 1.11 bits per heavy atom. The predicted molar refractivity (Wildman–Crippen MR) is 76.9 cm³/mol. The van der Waals surface area contributed by atoms with Crippen LogP contribution in [0.15, 0.2) is 0 Å². The van der Waals surface area contributed by atoms with E-state index >= 15 is 0 Å². The summed E-state index contributed by atoms with van der Waals surface area (Å²) in [6.07, 6.45) is 2.09. The maximum Gasteiger partial charge on any atom is 0.0499 e. The molecule has 2 N–H and O–H groups in total. The number of aliphatic hydroxyl groups is 1. The molecule has 0 saturated carbocycles. The molecule has 0 amide bonds. The van der Waals surface area contributed by atoms with E-state index in [9.17, 15) is 5.11 Å². The first-order valence-corrected chi connectivity index (χ1v) is 7.38. The fourth-order valence-corrected chi connectivity index (χ4v) is 2.44. The van der Waals surface area contributed by atoms with Crippen LogP contribution >= 0.6 is 0 Å². The minimum atomic E-state index is 0.0854. The maximum absolute atomic E-state index is 9.50. The van der Waals surface area contributed by atoms with Crippen molar-refractivity contribution in [3.63, 3.8) is 0 Å². The number of nitrogens with one attached hydrogen (secondary N) is 1. The molecule has 1 aliphatic rings. The minimum Gasteiger partial charge on any atom is -0.396 e. The largest absolute Gasteiger partial charge is 0.396 e. The van der Waals surface area contributed by atoms with Crippen molar-refractivity contribution in [2.45, 2.75) is 26.7 Å². The van der Waals surface area contributed by atoms with E-state index in [0.717, 1.165) is 32.5 Å². The van der Waals surface area contributed by atoms with Gasteiger partial charge in [0.15, 0.2) is 0 Å². The summed E-state index contributed by atoms with van der Waals surface area (Å²) in [6, 6.07) is 0. The normalized spacial score (nSPS) is 19.3. The molecule has 108 valence electrons. The number of hydrogen-bond donors (Lipinski definition) is 2. The number of likely N-dealkylation sites (N-methyl/N-ethyl adjacent to an activating group) is 1. The molecule has 0 aliphatic carbocycles. The molecule has 4 heteroatoms. The Kier molecular flexibility index (Phi) is 7.15. The number of aliphatic hydroxyl groups excluding tert-OH is 1. The molecule has 1 saturated heterocycles. The van der Waals surface area contributed by atoms with E-state index in [-0.39, 0.29) is 5.41 Å². The van der Waals surface area contributed by atoms with Crippen molar-refractivity contribution in [3.05, 3.63) is 0 Å². The highest BCUT2D eigenvalue weighted by Gasteiger charge is 2.24. The van der Waals surface area contributed by atoms with Crippen molar-refractivity contribution >= 4 is 0 Å². The molecule has 0 aromatic carbocycles. The lowest BCUT2D eigenvalue weighted by molar-refractivity contribution is 0.109. The van der Waals surface area contributed by atoms with Gasteiger partial charge in [0.25, 0.3) is 0 Å². The zero-order valence-electron chi connectivity index (χ0n) is 12.4. The Balaban J connectivity index is 2.14. The van der Waals surface area contributed by atoms with Crippen molar-refractivity contribution in [3.8, 4) is 0 Å². The van der Waals surface area contributed by atoms with Crippen LogP contribution < -0.4 is 5.32 Å². The van der Waals surface area contributed by atoms with Crippen LogP contribution in [-0.2, 0) is 0 Å². The minimum absolute atomic E-state index is 0.0854. The average Bonchev–Trinajstić information content (AvgIpc) is 2.42. The van der Waals surface area contributed by atoms with Gasteiger partial charge in [-0.3, -0.25) is 4.90 Å². The van der Waals surface area contributed by atoms with Gasteiger partial charge in [-0.25, -0.2) is 0 Å². The van der Waals surface area contributed by atoms with Crippen molar-refractivity contribution < 1.29 is 5.11 Å². The monoisotopic (exact) mass is 257 g/mol. The van der Waals surface area contributed by atoms with Gasteiger partial charge >= 0.3 is 0 Å². The van der Waals surface area contributed by atoms with Crippen molar-refractivity contribution in [2.24, 2.45) is 5.41 Å². The molecule has 0 aromatic heterocycles. The van der Waals surface area contributed by atoms with Gasteiger partial charge < -0.3 is 15.3 Å². The van der Waals surface area contributed by atoms with Crippen LogP contribution in [0.25, 0.3) is 0 Å². The van der Waals surface area contributed by atoms with E-state index in [1.165, 1.54) is 26.2 Å². The molecule has 1 heterocycles. The summed E-state index contributed by atoms with van der Waals surface area (Å²) in [5.41, 5.74) is 0.0854. The molecule has 4 nitrogen and oxygen atoms in total. The SMILES string of the molecule is CCC(CC)(CO)CNCCN1CCN(C)CC1. The van der Waals surface area contributed by atoms with Crippen molar-refractivity contribution in [2.75, 3.05) is 59.5 Å². The average molecular weight is 257 g/mol. The van der Waals surface area contributed by atoms with E-state index in [1.54, 1.807) is 0 Å². The van der Waals surface area contributed by atoms with Crippen LogP contribution in [0.5, 0.6) is 0 Å². The lowest BCUT2D eigenvalue weighted by atomic mass is 9.83. The van der Waals surface area contributed by atoms with Crippen LogP contribution in [0, 0.1) is 5.41 Å². The van der Waals surface area contributed by atoms with Crippen LogP contribution in [-0.4, -0.2) is 74.4 Å². The van der Waals surface area contributed by atoms with Gasteiger partial charge in [0.05, 0.1) is 0 Å². The lowest BCUT2D eigenvalue weighted by Crippen LogP contribution is -2.47. The zero-order chi connectivity index (χ0) is 13.4. The van der Waals surface area contributed by atoms with Gasteiger partial charge in [-0.05, 0) is 19.9 Å². The van der Waals surface area contributed by atoms with E-state index in [1.807, 2.05) is 0 Å². The Morgan fingerprint density at radius 2 is 1.72 bits per heavy atom. The Hall–Kier alpha value is -0.160. The third-order valence-electron chi connectivity index (χ3n) is 4.54. The molecule has 18 heavy (non-hydrogen) atoms. The Bertz CT molecular complexity index is 203. The predicted octanol–water partition coefficient (Wildman–Crippen LogP) is 0.622. The molecule has 0 bridgehead atoms. The lowest BCUT2D eigenvalue weighted by Gasteiger charge is -2.33. The first-order chi connectivity index (χ1) is 8.65. The summed E-state index contributed by atoms with van der Waals surface area (Å²) in [6.45, 7) is 12.5. The van der Waals surface area contributed by atoms with Crippen LogP contribution in [0.4, 0.5) is 0 Å². The van der Waals surface area contributed by atoms with Gasteiger partial charge in [0.1, 0.15) is 0 Å². The number of rotatable bonds is 8. The van der Waals surface area contributed by atoms with Crippen LogP contribution in [0.1, 0.15) is 26.7 Å². The second-order valence-corrected chi connectivity index (χ2v) is 5.69. The van der Waals surface area contributed by atoms with E-state index < -0.39 is 0 Å². The summed E-state index contributed by atoms with van der Waals surface area (Å²) in [4.78, 5) is 4.90. The van der Waals surface area contributed by atoms with Gasteiger partial charge in [0.2, 0.25) is 0 Å². The second-order valence-electron chi connectivity index (χ2n) is 5.69. The van der Waals surface area contributed by atoms with Crippen LogP contribution in [0.2, 0.25) is 0 Å². The molecule has 1 aliphatic heterocycles. The number of hydrogen-bond acceptors (Lipinski definition) is 4. The highest BCUT2D eigenvalue weighted by Crippen LogP contribution is 2.24. The summed E-state index contributed by atoms with van der Waals surface area (Å²) < 4.78 is 0. The molecule has 0 radical (unpaired) electrons. The molecular formula is C14H31N3O. The smallest absolute Gasteiger partial charge is 0.0499 e. The number of piperazine rings is 1. The summed E-state index contributed by atoms with van der Waals surface area (Å²) in [5.74, 6) is 0. The first-order valence-electron chi connectivity index (χ1n) is 7.38. The molecule has 0 unspecified atom stereocenters. The van der Waals surface area contributed by atoms with E-state index in [2.05, 4.69) is 36.0 Å². The summed E-state index contributed by atoms with van der Waals surface area (Å²) in [7, 11) is 2.19. The van der Waals surface area contributed by atoms with Crippen molar-refractivity contribution in [1.82, 2.24) is 15.1 Å². The van der Waals surface area contributed by atoms with Crippen molar-refractivity contribution in [1.29, 1.82) is 0 Å². The maximum atomic E-state index is 9.50. The molecule has 1 fully saturated rings. The third-order valence-corrected chi connectivity index (χ3v) is 4.54. The molecule has 1 rings (SSSR count). The second kappa shape index (κ2) is 8.10. The Morgan fingerprint density at radius 3 is 2.22 bits per heavy atom. The van der Waals surface area contributed by atoms with Gasteiger partial charge in [-0.15, -0.1) is 0 Å². The first kappa shape index (κ1) is 15.9. The summed E-state index contributed by atoms with van der Waals surface area (Å²) >= 11 is 0. The molecule has 0 spiro atoms. The number of nitrogens with zero attached hydrogens (tertiary/aromatic N) is 2. The quantitative estimate of drug-likeness (QED) is 0.625. The Labute approximate surface area is 112 Å². The van der Waals surface area contributed by atoms with Gasteiger partial charge in [-0.1, -0.05) is 13.8 Å². The van der Waals surface area contributed by atoms with E-state index in [0.29, 0.717) is 6.61 Å². The standard InChI is InChI=1S/C14H31N3O/c1-4-14(5-2,13-18)12-15-6-7-17-10-8-16(3)9-11-17/h15,18H,4-13H2,1-3H3. The van der Waals surface area contributed by atoms with E-state index in [4.69, 9.17) is 0 Å². The fourth-order valence-electron chi connectivity index (χ4n) is 2.44. The molecular weight excluding hydrogens is 226 g/mol. The summed E-state index contributed by atoms with van der Waals surface area (Å²) in [5, 5.41) is 13.0. The molecule has 0 atom stereocenters. The highest BCUT2D eigenvalue weighted by molar-refractivity contribution is 4.78. The third kappa shape index (κ3) is 4.84. The molecule has 0 aromatic rings. The topological polar surface area (TPSA) is 38.7 Å². The zero-order valence-corrected chi connectivity index (χ0v) is 12.4. The van der Waals surface area contributed by atoms with Gasteiger partial charge in [0, 0.05) is 57.8 Å².